The number of aliphatic hydroxyl groups excluding tert-OH is 1. The van der Waals surface area contributed by atoms with E-state index in [9.17, 15) is 9.90 Å². The second-order valence-electron chi connectivity index (χ2n) is 8.01. The minimum atomic E-state index is -0.331. The zero-order chi connectivity index (χ0) is 15.5. The van der Waals surface area contributed by atoms with Gasteiger partial charge in [-0.3, -0.25) is 0 Å². The fraction of sp³-hybridized carbons (Fsp3) is 0.941. The van der Waals surface area contributed by atoms with Crippen LogP contribution in [0.1, 0.15) is 65.7 Å². The van der Waals surface area contributed by atoms with Gasteiger partial charge in [0.05, 0.1) is 6.10 Å². The average molecular weight is 296 g/mol. The van der Waals surface area contributed by atoms with Crippen LogP contribution in [0.25, 0.3) is 0 Å². The lowest BCUT2D eigenvalue weighted by molar-refractivity contribution is 0.128. The van der Waals surface area contributed by atoms with E-state index in [-0.39, 0.29) is 17.6 Å². The van der Waals surface area contributed by atoms with E-state index in [0.29, 0.717) is 19.0 Å². The zero-order valence-corrected chi connectivity index (χ0v) is 13.8. The van der Waals surface area contributed by atoms with E-state index < -0.39 is 0 Å². The van der Waals surface area contributed by atoms with Crippen molar-refractivity contribution in [3.8, 4) is 0 Å². The molecule has 2 amide bonds. The summed E-state index contributed by atoms with van der Waals surface area (Å²) in [6, 6.07) is 0.305. The van der Waals surface area contributed by atoms with E-state index in [1.807, 2.05) is 0 Å². The Morgan fingerprint density at radius 3 is 2.57 bits per heavy atom. The first-order valence-corrected chi connectivity index (χ1v) is 8.58. The number of carbonyl (C=O) groups excluding carboxylic acids is 1. The Hall–Kier alpha value is -0.770. The predicted octanol–water partition coefficient (Wildman–Crippen LogP) is 3.05. The van der Waals surface area contributed by atoms with Gasteiger partial charge in [-0.1, -0.05) is 26.7 Å². The quantitative estimate of drug-likeness (QED) is 0.705. The van der Waals surface area contributed by atoms with Gasteiger partial charge >= 0.3 is 6.03 Å². The lowest BCUT2D eigenvalue weighted by atomic mass is 9.83. The monoisotopic (exact) mass is 296 g/mol. The number of carbonyl (C=O) groups is 1. The van der Waals surface area contributed by atoms with Gasteiger partial charge in [0.1, 0.15) is 0 Å². The third kappa shape index (κ3) is 5.85. The second kappa shape index (κ2) is 6.99. The van der Waals surface area contributed by atoms with Crippen molar-refractivity contribution in [3.05, 3.63) is 0 Å². The van der Waals surface area contributed by atoms with Gasteiger partial charge in [0.2, 0.25) is 0 Å². The van der Waals surface area contributed by atoms with Gasteiger partial charge in [-0.15, -0.1) is 0 Å². The summed E-state index contributed by atoms with van der Waals surface area (Å²) in [6.07, 6.45) is 8.05. The highest BCUT2D eigenvalue weighted by Crippen LogP contribution is 2.43. The van der Waals surface area contributed by atoms with Gasteiger partial charge in [0.15, 0.2) is 0 Å². The summed E-state index contributed by atoms with van der Waals surface area (Å²) in [7, 11) is 0. The van der Waals surface area contributed by atoms with Gasteiger partial charge in [-0.2, -0.15) is 0 Å². The summed E-state index contributed by atoms with van der Waals surface area (Å²) in [6.45, 7) is 6.54. The zero-order valence-electron chi connectivity index (χ0n) is 13.8. The first-order chi connectivity index (χ1) is 9.85. The average Bonchev–Trinajstić information content (AvgIpc) is 3.19. The molecular formula is C17H32N2O2. The van der Waals surface area contributed by atoms with E-state index in [0.717, 1.165) is 24.7 Å². The minimum absolute atomic E-state index is 0.0462. The summed E-state index contributed by atoms with van der Waals surface area (Å²) in [4.78, 5) is 12.1. The Morgan fingerprint density at radius 1 is 1.24 bits per heavy atom. The number of urea groups is 1. The Morgan fingerprint density at radius 2 is 1.95 bits per heavy atom. The van der Waals surface area contributed by atoms with E-state index in [2.05, 4.69) is 24.5 Å². The smallest absolute Gasteiger partial charge is 0.315 e. The second-order valence-corrected chi connectivity index (χ2v) is 8.01. The molecule has 0 aromatic heterocycles. The van der Waals surface area contributed by atoms with Crippen LogP contribution in [0, 0.1) is 17.3 Å². The molecule has 0 saturated heterocycles. The summed E-state index contributed by atoms with van der Waals surface area (Å²) in [5.41, 5.74) is -0.0748. The Balaban J connectivity index is 1.68. The normalized spacial score (nSPS) is 28.0. The van der Waals surface area contributed by atoms with Crippen LogP contribution in [0.3, 0.4) is 0 Å². The maximum absolute atomic E-state index is 12.1. The Labute approximate surface area is 129 Å². The molecular weight excluding hydrogens is 264 g/mol. The molecule has 21 heavy (non-hydrogen) atoms. The molecule has 3 N–H and O–H groups in total. The third-order valence-corrected chi connectivity index (χ3v) is 4.91. The van der Waals surface area contributed by atoms with Crippen LogP contribution >= 0.6 is 0 Å². The highest BCUT2D eigenvalue weighted by molar-refractivity contribution is 5.74. The molecule has 0 spiro atoms. The van der Waals surface area contributed by atoms with Gasteiger partial charge in [0, 0.05) is 12.6 Å². The summed E-state index contributed by atoms with van der Waals surface area (Å²) >= 11 is 0. The van der Waals surface area contributed by atoms with Crippen molar-refractivity contribution < 1.29 is 9.90 Å². The first-order valence-electron chi connectivity index (χ1n) is 8.58. The molecule has 4 nitrogen and oxygen atoms in total. The molecule has 0 aromatic rings. The molecule has 0 radical (unpaired) electrons. The van der Waals surface area contributed by atoms with E-state index in [1.165, 1.54) is 25.7 Å². The molecule has 2 fully saturated rings. The Kier molecular flexibility index (Phi) is 5.53. The molecule has 122 valence electrons. The van der Waals surface area contributed by atoms with Crippen LogP contribution < -0.4 is 10.6 Å². The number of rotatable bonds is 6. The van der Waals surface area contributed by atoms with Crippen molar-refractivity contribution in [1.29, 1.82) is 0 Å². The number of aliphatic hydroxyl groups is 1. The van der Waals surface area contributed by atoms with Crippen molar-refractivity contribution in [1.82, 2.24) is 10.6 Å². The molecule has 0 bridgehead atoms. The van der Waals surface area contributed by atoms with E-state index in [1.54, 1.807) is 6.92 Å². The molecule has 2 aliphatic rings. The first kappa shape index (κ1) is 16.6. The standard InChI is InChI=1S/C17H32N2O2/c1-12(20)10-17(2,3)11-18-16(21)19-15-6-4-5-14(9-15)13-7-8-13/h12-15,20H,4-11H2,1-3H3,(H2,18,19,21). The molecule has 2 rings (SSSR count). The minimum Gasteiger partial charge on any atom is -0.393 e. The maximum Gasteiger partial charge on any atom is 0.315 e. The molecule has 0 heterocycles. The highest BCUT2D eigenvalue weighted by atomic mass is 16.3. The van der Waals surface area contributed by atoms with Gasteiger partial charge in [0.25, 0.3) is 0 Å². The van der Waals surface area contributed by atoms with Crippen LogP contribution in [0.2, 0.25) is 0 Å². The third-order valence-electron chi connectivity index (χ3n) is 4.91. The van der Waals surface area contributed by atoms with Crippen molar-refractivity contribution >= 4 is 6.03 Å². The van der Waals surface area contributed by atoms with Gasteiger partial charge in [-0.05, 0) is 56.3 Å². The molecule has 2 saturated carbocycles. The molecule has 2 aliphatic carbocycles. The fourth-order valence-electron chi connectivity index (χ4n) is 3.78. The Bertz CT molecular complexity index is 351. The van der Waals surface area contributed by atoms with E-state index >= 15 is 0 Å². The van der Waals surface area contributed by atoms with Gasteiger partial charge in [-0.25, -0.2) is 4.79 Å². The molecule has 3 unspecified atom stereocenters. The molecule has 0 aromatic carbocycles. The number of hydrogen-bond donors (Lipinski definition) is 3. The molecule has 4 heteroatoms. The predicted molar refractivity (Wildman–Crippen MR) is 85.1 cm³/mol. The maximum atomic E-state index is 12.1. The van der Waals surface area contributed by atoms with Crippen LogP contribution in [-0.2, 0) is 0 Å². The van der Waals surface area contributed by atoms with Crippen LogP contribution in [-0.4, -0.2) is 29.8 Å². The van der Waals surface area contributed by atoms with Crippen LogP contribution in [0.5, 0.6) is 0 Å². The largest absolute Gasteiger partial charge is 0.393 e. The van der Waals surface area contributed by atoms with Crippen LogP contribution in [0.4, 0.5) is 4.79 Å². The number of hydrogen-bond acceptors (Lipinski definition) is 2. The van der Waals surface area contributed by atoms with Crippen molar-refractivity contribution in [2.45, 2.75) is 77.9 Å². The SMILES string of the molecule is CC(O)CC(C)(C)CNC(=O)NC1CCCC(C2CC2)C1. The van der Waals surface area contributed by atoms with E-state index in [4.69, 9.17) is 0 Å². The topological polar surface area (TPSA) is 61.4 Å². The molecule has 3 atom stereocenters. The van der Waals surface area contributed by atoms with Crippen molar-refractivity contribution in [3.63, 3.8) is 0 Å². The lowest BCUT2D eigenvalue weighted by Gasteiger charge is -2.31. The van der Waals surface area contributed by atoms with Gasteiger partial charge < -0.3 is 15.7 Å². The molecule has 0 aliphatic heterocycles. The van der Waals surface area contributed by atoms with Crippen LogP contribution in [0.15, 0.2) is 0 Å². The number of nitrogens with one attached hydrogen (secondary N) is 2. The summed E-state index contributed by atoms with van der Waals surface area (Å²) < 4.78 is 0. The number of amides is 2. The summed E-state index contributed by atoms with van der Waals surface area (Å²) in [5, 5.41) is 15.6. The van der Waals surface area contributed by atoms with Crippen molar-refractivity contribution in [2.75, 3.05) is 6.54 Å². The fourth-order valence-corrected chi connectivity index (χ4v) is 3.78. The summed E-state index contributed by atoms with van der Waals surface area (Å²) in [5.74, 6) is 1.79. The van der Waals surface area contributed by atoms with Crippen molar-refractivity contribution in [2.24, 2.45) is 17.3 Å². The highest BCUT2D eigenvalue weighted by Gasteiger charge is 2.35. The lowest BCUT2D eigenvalue weighted by Crippen LogP contribution is -2.47.